The molecule has 2 aromatic rings. The molecule has 35 heavy (non-hydrogen) atoms. The van der Waals surface area contributed by atoms with Gasteiger partial charge in [-0.15, -0.1) is 5.10 Å². The lowest BCUT2D eigenvalue weighted by Gasteiger charge is -2.36. The van der Waals surface area contributed by atoms with Crippen LogP contribution >= 0.6 is 0 Å². The van der Waals surface area contributed by atoms with Crippen LogP contribution in [0.15, 0.2) is 40.8 Å². The first kappa shape index (κ1) is 22.6. The van der Waals surface area contributed by atoms with Crippen LogP contribution in [0.25, 0.3) is 11.3 Å². The van der Waals surface area contributed by atoms with Crippen molar-refractivity contribution in [2.75, 3.05) is 18.4 Å². The molecule has 1 aromatic heterocycles. The molecule has 0 radical (unpaired) electrons. The number of carbonyl (C=O) groups excluding carboxylic acids is 2. The molecular formula is C24H23N7O4. The fraction of sp³-hybridized carbons (Fsp3) is 0.375. The van der Waals surface area contributed by atoms with E-state index in [1.54, 1.807) is 35.4 Å². The Bertz CT molecular complexity index is 1260. The molecule has 11 heteroatoms. The van der Waals surface area contributed by atoms with Crippen LogP contribution in [-0.4, -0.2) is 69.0 Å². The third-order valence-corrected chi connectivity index (χ3v) is 6.14. The van der Waals surface area contributed by atoms with Gasteiger partial charge in [-0.25, -0.2) is 9.97 Å². The van der Waals surface area contributed by atoms with Crippen LogP contribution in [0.1, 0.15) is 31.2 Å². The quantitative estimate of drug-likeness (QED) is 0.645. The SMILES string of the molecule is N#Cc1cc(-c2cc(NC(=O)C3CC3)ncn2)ccc1O[C@H]1CCN(C(=O)C2=NN=CC2)C[C@H]1O. The van der Waals surface area contributed by atoms with E-state index in [4.69, 9.17) is 4.74 Å². The first-order valence-electron chi connectivity index (χ1n) is 11.4. The molecule has 1 aromatic carbocycles. The molecule has 5 rings (SSSR count). The van der Waals surface area contributed by atoms with Gasteiger partial charge in [0.1, 0.15) is 41.9 Å². The monoisotopic (exact) mass is 473 g/mol. The highest BCUT2D eigenvalue weighted by molar-refractivity contribution is 6.41. The molecule has 178 valence electrons. The van der Waals surface area contributed by atoms with E-state index in [-0.39, 0.29) is 29.8 Å². The maximum Gasteiger partial charge on any atom is 0.270 e. The minimum absolute atomic E-state index is 0.0491. The number of aromatic nitrogens is 2. The molecule has 2 aliphatic heterocycles. The number of hydrogen-bond acceptors (Lipinski definition) is 9. The molecule has 0 spiro atoms. The summed E-state index contributed by atoms with van der Waals surface area (Å²) in [5.74, 6) is 0.516. The summed E-state index contributed by atoms with van der Waals surface area (Å²) in [4.78, 5) is 34.4. The Morgan fingerprint density at radius 3 is 2.77 bits per heavy atom. The molecular weight excluding hydrogens is 450 g/mol. The Morgan fingerprint density at radius 2 is 2.06 bits per heavy atom. The van der Waals surface area contributed by atoms with Crippen molar-refractivity contribution >= 4 is 29.6 Å². The Kier molecular flexibility index (Phi) is 6.20. The van der Waals surface area contributed by atoms with Gasteiger partial charge in [0, 0.05) is 43.1 Å². The Morgan fingerprint density at radius 1 is 1.20 bits per heavy atom. The van der Waals surface area contributed by atoms with Crippen LogP contribution in [0.3, 0.4) is 0 Å². The Balaban J connectivity index is 1.26. The van der Waals surface area contributed by atoms with Gasteiger partial charge < -0.3 is 20.1 Å². The molecule has 3 heterocycles. The third kappa shape index (κ3) is 5.02. The number of anilines is 1. The third-order valence-electron chi connectivity index (χ3n) is 6.14. The molecule has 1 aliphatic carbocycles. The van der Waals surface area contributed by atoms with Gasteiger partial charge in [0.05, 0.1) is 17.8 Å². The van der Waals surface area contributed by atoms with Gasteiger partial charge in [-0.1, -0.05) is 0 Å². The highest BCUT2D eigenvalue weighted by Gasteiger charge is 2.34. The van der Waals surface area contributed by atoms with Crippen molar-refractivity contribution in [2.45, 2.75) is 37.9 Å². The minimum Gasteiger partial charge on any atom is -0.486 e. The van der Waals surface area contributed by atoms with Gasteiger partial charge in [0.2, 0.25) is 5.91 Å². The highest BCUT2D eigenvalue weighted by atomic mass is 16.5. The molecule has 2 N–H and O–H groups in total. The van der Waals surface area contributed by atoms with Crippen LogP contribution in [0.4, 0.5) is 5.82 Å². The van der Waals surface area contributed by atoms with Crippen molar-refractivity contribution in [1.29, 1.82) is 5.26 Å². The second kappa shape index (κ2) is 9.60. The zero-order valence-electron chi connectivity index (χ0n) is 18.8. The number of aliphatic hydroxyl groups is 1. The molecule has 1 saturated heterocycles. The number of nitrogens with one attached hydrogen (secondary N) is 1. The topological polar surface area (TPSA) is 153 Å². The lowest BCUT2D eigenvalue weighted by Crippen LogP contribution is -2.52. The van der Waals surface area contributed by atoms with E-state index in [1.165, 1.54) is 6.33 Å². The van der Waals surface area contributed by atoms with E-state index in [0.717, 1.165) is 12.8 Å². The number of nitriles is 1. The summed E-state index contributed by atoms with van der Waals surface area (Å²) < 4.78 is 5.99. The van der Waals surface area contributed by atoms with E-state index in [2.05, 4.69) is 31.6 Å². The number of rotatable bonds is 6. The van der Waals surface area contributed by atoms with Gasteiger partial charge in [-0.3, -0.25) is 9.59 Å². The number of nitrogens with zero attached hydrogens (tertiary/aromatic N) is 6. The number of piperidine rings is 1. The van der Waals surface area contributed by atoms with E-state index in [9.17, 15) is 20.0 Å². The second-order valence-electron chi connectivity index (χ2n) is 8.69. The minimum atomic E-state index is -0.915. The molecule has 2 amide bonds. The molecule has 11 nitrogen and oxygen atoms in total. The number of aliphatic hydroxyl groups excluding tert-OH is 1. The zero-order chi connectivity index (χ0) is 24.4. The number of ether oxygens (including phenoxy) is 1. The van der Waals surface area contributed by atoms with Crippen molar-refractivity contribution in [2.24, 2.45) is 16.1 Å². The number of benzene rings is 1. The molecule has 0 unspecified atom stereocenters. The van der Waals surface area contributed by atoms with Gasteiger partial charge >= 0.3 is 0 Å². The maximum absolute atomic E-state index is 12.5. The smallest absolute Gasteiger partial charge is 0.270 e. The molecule has 2 fully saturated rings. The Hall–Kier alpha value is -4.17. The van der Waals surface area contributed by atoms with E-state index in [1.807, 2.05) is 0 Å². The molecule has 0 bridgehead atoms. The van der Waals surface area contributed by atoms with Gasteiger partial charge in [-0.2, -0.15) is 10.4 Å². The Labute approximate surface area is 201 Å². The fourth-order valence-electron chi connectivity index (χ4n) is 4.02. The largest absolute Gasteiger partial charge is 0.486 e. The summed E-state index contributed by atoms with van der Waals surface area (Å²) in [6.07, 6.45) is 4.04. The lowest BCUT2D eigenvalue weighted by molar-refractivity contribution is -0.129. The normalized spacial score (nSPS) is 21.3. The van der Waals surface area contributed by atoms with Crippen LogP contribution in [0.5, 0.6) is 5.75 Å². The van der Waals surface area contributed by atoms with Crippen LogP contribution in [0.2, 0.25) is 0 Å². The number of amides is 2. The number of hydrogen-bond donors (Lipinski definition) is 2. The number of carbonyl (C=O) groups is 2. The first-order valence-corrected chi connectivity index (χ1v) is 11.4. The predicted octanol–water partition coefficient (Wildman–Crippen LogP) is 1.53. The lowest BCUT2D eigenvalue weighted by atomic mass is 10.0. The summed E-state index contributed by atoms with van der Waals surface area (Å²) in [6, 6.07) is 8.86. The van der Waals surface area contributed by atoms with Gasteiger partial charge in [-0.05, 0) is 31.0 Å². The van der Waals surface area contributed by atoms with Crippen molar-refractivity contribution in [3.05, 3.63) is 36.2 Å². The summed E-state index contributed by atoms with van der Waals surface area (Å²) in [7, 11) is 0. The van der Waals surface area contributed by atoms with Crippen molar-refractivity contribution in [3.63, 3.8) is 0 Å². The van der Waals surface area contributed by atoms with Crippen LogP contribution < -0.4 is 10.1 Å². The molecule has 1 saturated carbocycles. The zero-order valence-corrected chi connectivity index (χ0v) is 18.8. The summed E-state index contributed by atoms with van der Waals surface area (Å²) in [6.45, 7) is 0.509. The highest BCUT2D eigenvalue weighted by Crippen LogP contribution is 2.31. The van der Waals surface area contributed by atoms with E-state index < -0.39 is 12.2 Å². The van der Waals surface area contributed by atoms with Crippen LogP contribution in [-0.2, 0) is 9.59 Å². The van der Waals surface area contributed by atoms with Crippen molar-refractivity contribution in [3.8, 4) is 23.1 Å². The standard InChI is InChI=1S/C24H23N7O4/c25-11-16-9-15(18-10-22(27-13-26-18)29-23(33)14-1-2-14)3-4-20(16)35-21-6-8-31(12-19(21)32)24(34)17-5-7-28-30-17/h3-4,7,9-10,13-14,19,21,32H,1-2,5-6,8,12H2,(H,26,27,29,33)/t19-,21+/m1/s1. The van der Waals surface area contributed by atoms with Gasteiger partial charge in [0.25, 0.3) is 5.91 Å². The summed E-state index contributed by atoms with van der Waals surface area (Å²) in [5, 5.41) is 30.6. The summed E-state index contributed by atoms with van der Waals surface area (Å²) in [5.41, 5.74) is 1.87. The van der Waals surface area contributed by atoms with Crippen molar-refractivity contribution < 1.29 is 19.4 Å². The maximum atomic E-state index is 12.5. The first-order chi connectivity index (χ1) is 17.0. The number of likely N-dealkylation sites (tertiary alicyclic amines) is 1. The molecule has 3 aliphatic rings. The van der Waals surface area contributed by atoms with E-state index >= 15 is 0 Å². The summed E-state index contributed by atoms with van der Waals surface area (Å²) >= 11 is 0. The van der Waals surface area contributed by atoms with E-state index in [0.29, 0.717) is 47.9 Å². The fourth-order valence-corrected chi connectivity index (χ4v) is 4.02. The average molecular weight is 473 g/mol. The van der Waals surface area contributed by atoms with Crippen LogP contribution in [0, 0.1) is 17.2 Å². The average Bonchev–Trinajstić information content (AvgIpc) is 3.59. The predicted molar refractivity (Wildman–Crippen MR) is 126 cm³/mol. The van der Waals surface area contributed by atoms with Gasteiger partial charge in [0.15, 0.2) is 0 Å². The molecule has 2 atom stereocenters. The second-order valence-corrected chi connectivity index (χ2v) is 8.69. The number of β-amino-alcohol motifs (C(OH)–C–C–N with tert-alkyl or cyclic N) is 1. The van der Waals surface area contributed by atoms with Crippen molar-refractivity contribution in [1.82, 2.24) is 14.9 Å².